The molecule has 21 heavy (non-hydrogen) atoms. The third-order valence-corrected chi connectivity index (χ3v) is 5.22. The Balaban J connectivity index is 1.72. The van der Waals surface area contributed by atoms with E-state index in [1.54, 1.807) is 6.07 Å². The van der Waals surface area contributed by atoms with Crippen molar-refractivity contribution in [2.24, 2.45) is 5.92 Å². The number of halogens is 1. The van der Waals surface area contributed by atoms with Crippen LogP contribution >= 0.6 is 0 Å². The summed E-state index contributed by atoms with van der Waals surface area (Å²) < 4.78 is 14.5. The molecule has 1 aromatic rings. The van der Waals surface area contributed by atoms with Gasteiger partial charge in [0.05, 0.1) is 5.69 Å². The molecule has 1 saturated carbocycles. The van der Waals surface area contributed by atoms with Crippen LogP contribution in [0.1, 0.15) is 43.8 Å². The largest absolute Gasteiger partial charge is 0.378 e. The molecule has 3 aliphatic rings. The van der Waals surface area contributed by atoms with E-state index in [9.17, 15) is 14.3 Å². The SMILES string of the molecule is O=C1Nc2cc(N3CCCC4CCCC43)c(F)cc2C1O. The maximum Gasteiger partial charge on any atom is 0.257 e. The van der Waals surface area contributed by atoms with Crippen LogP contribution in [0.4, 0.5) is 15.8 Å². The Bertz CT molecular complexity index is 604. The summed E-state index contributed by atoms with van der Waals surface area (Å²) in [5, 5.41) is 12.4. The number of hydrogen-bond acceptors (Lipinski definition) is 3. The lowest BCUT2D eigenvalue weighted by Crippen LogP contribution is -2.43. The Morgan fingerprint density at radius 3 is 2.90 bits per heavy atom. The fourth-order valence-electron chi connectivity index (χ4n) is 4.23. The maximum atomic E-state index is 14.5. The Hall–Kier alpha value is -1.62. The lowest BCUT2D eigenvalue weighted by atomic mass is 9.91. The molecule has 3 unspecified atom stereocenters. The summed E-state index contributed by atoms with van der Waals surface area (Å²) in [7, 11) is 0. The Kier molecular flexibility index (Phi) is 2.92. The van der Waals surface area contributed by atoms with Gasteiger partial charge in [0.15, 0.2) is 6.10 Å². The van der Waals surface area contributed by atoms with Crippen LogP contribution in [0.25, 0.3) is 0 Å². The molecule has 1 saturated heterocycles. The van der Waals surface area contributed by atoms with Gasteiger partial charge in [0.1, 0.15) is 5.82 Å². The molecule has 2 fully saturated rings. The van der Waals surface area contributed by atoms with Gasteiger partial charge in [0.2, 0.25) is 0 Å². The van der Waals surface area contributed by atoms with Crippen LogP contribution in [0.2, 0.25) is 0 Å². The van der Waals surface area contributed by atoms with Crippen LogP contribution in [-0.4, -0.2) is 23.6 Å². The summed E-state index contributed by atoms with van der Waals surface area (Å²) in [5.41, 5.74) is 1.46. The fraction of sp³-hybridized carbons (Fsp3) is 0.562. The summed E-state index contributed by atoms with van der Waals surface area (Å²) in [4.78, 5) is 13.7. The first-order valence-electron chi connectivity index (χ1n) is 7.74. The van der Waals surface area contributed by atoms with Gasteiger partial charge in [-0.05, 0) is 43.7 Å². The number of benzene rings is 1. The summed E-state index contributed by atoms with van der Waals surface area (Å²) in [6.45, 7) is 0.868. The third-order valence-electron chi connectivity index (χ3n) is 5.22. The van der Waals surface area contributed by atoms with E-state index in [2.05, 4.69) is 10.2 Å². The molecule has 0 radical (unpaired) electrons. The highest BCUT2D eigenvalue weighted by molar-refractivity contribution is 6.02. The average molecular weight is 290 g/mol. The van der Waals surface area contributed by atoms with E-state index in [1.165, 1.54) is 25.3 Å². The maximum absolute atomic E-state index is 14.5. The van der Waals surface area contributed by atoms with Gasteiger partial charge in [-0.1, -0.05) is 6.42 Å². The monoisotopic (exact) mass is 290 g/mol. The Labute approximate surface area is 122 Å². The number of aliphatic hydroxyl groups excluding tert-OH is 1. The molecule has 112 valence electrons. The number of nitrogens with one attached hydrogen (secondary N) is 1. The highest BCUT2D eigenvalue weighted by atomic mass is 19.1. The Morgan fingerprint density at radius 2 is 2.05 bits per heavy atom. The normalized spacial score (nSPS) is 31.0. The zero-order valence-electron chi connectivity index (χ0n) is 11.8. The number of carbonyl (C=O) groups excluding carboxylic acids is 1. The van der Waals surface area contributed by atoms with Crippen LogP contribution in [0.15, 0.2) is 12.1 Å². The fourth-order valence-corrected chi connectivity index (χ4v) is 4.23. The van der Waals surface area contributed by atoms with E-state index in [1.807, 2.05) is 0 Å². The second-order valence-electron chi connectivity index (χ2n) is 6.38. The number of nitrogens with zero attached hydrogens (tertiary/aromatic N) is 1. The molecule has 4 rings (SSSR count). The first kappa shape index (κ1) is 13.1. The highest BCUT2D eigenvalue weighted by Crippen LogP contribution is 2.42. The van der Waals surface area contributed by atoms with E-state index in [-0.39, 0.29) is 5.82 Å². The van der Waals surface area contributed by atoms with Gasteiger partial charge in [0.25, 0.3) is 5.91 Å². The van der Waals surface area contributed by atoms with Gasteiger partial charge in [-0.25, -0.2) is 4.39 Å². The zero-order chi connectivity index (χ0) is 14.6. The predicted molar refractivity (Wildman–Crippen MR) is 77.7 cm³/mol. The molecule has 1 aromatic carbocycles. The topological polar surface area (TPSA) is 52.6 Å². The third kappa shape index (κ3) is 1.94. The summed E-state index contributed by atoms with van der Waals surface area (Å²) >= 11 is 0. The second kappa shape index (κ2) is 4.70. The van der Waals surface area contributed by atoms with Crippen molar-refractivity contribution in [2.45, 2.75) is 44.2 Å². The predicted octanol–water partition coefficient (Wildman–Crippen LogP) is 2.58. The molecule has 3 atom stereocenters. The van der Waals surface area contributed by atoms with E-state index >= 15 is 0 Å². The quantitative estimate of drug-likeness (QED) is 0.836. The molecule has 0 bridgehead atoms. The van der Waals surface area contributed by atoms with Crippen LogP contribution in [0.5, 0.6) is 0 Å². The minimum atomic E-state index is -1.25. The van der Waals surface area contributed by atoms with Gasteiger partial charge in [0, 0.05) is 23.8 Å². The van der Waals surface area contributed by atoms with Crippen LogP contribution in [0.3, 0.4) is 0 Å². The van der Waals surface area contributed by atoms with Gasteiger partial charge in [-0.2, -0.15) is 0 Å². The second-order valence-corrected chi connectivity index (χ2v) is 6.38. The molecular formula is C16H19FN2O2. The van der Waals surface area contributed by atoms with E-state index < -0.39 is 12.0 Å². The minimum Gasteiger partial charge on any atom is -0.378 e. The molecular weight excluding hydrogens is 271 g/mol. The number of rotatable bonds is 1. The average Bonchev–Trinajstić information content (AvgIpc) is 3.05. The summed E-state index contributed by atoms with van der Waals surface area (Å²) in [5.74, 6) is -0.137. The van der Waals surface area contributed by atoms with Gasteiger partial charge >= 0.3 is 0 Å². The number of amides is 1. The van der Waals surface area contributed by atoms with Crippen molar-refractivity contribution in [3.63, 3.8) is 0 Å². The van der Waals surface area contributed by atoms with Gasteiger partial charge < -0.3 is 15.3 Å². The van der Waals surface area contributed by atoms with Crippen molar-refractivity contribution in [3.8, 4) is 0 Å². The van der Waals surface area contributed by atoms with Crippen LogP contribution in [-0.2, 0) is 4.79 Å². The summed E-state index contributed by atoms with van der Waals surface area (Å²) in [6.07, 6.45) is 4.66. The van der Waals surface area contributed by atoms with Crippen LogP contribution < -0.4 is 10.2 Å². The van der Waals surface area contributed by atoms with E-state index in [0.29, 0.717) is 28.9 Å². The van der Waals surface area contributed by atoms with Crippen molar-refractivity contribution in [1.82, 2.24) is 0 Å². The van der Waals surface area contributed by atoms with E-state index in [4.69, 9.17) is 0 Å². The zero-order valence-corrected chi connectivity index (χ0v) is 11.8. The van der Waals surface area contributed by atoms with Gasteiger partial charge in [-0.15, -0.1) is 0 Å². The van der Waals surface area contributed by atoms with E-state index in [0.717, 1.165) is 19.4 Å². The number of aliphatic hydroxyl groups is 1. The van der Waals surface area contributed by atoms with Crippen molar-refractivity contribution in [1.29, 1.82) is 0 Å². The van der Waals surface area contributed by atoms with Crippen molar-refractivity contribution >= 4 is 17.3 Å². The van der Waals surface area contributed by atoms with Crippen molar-refractivity contribution in [3.05, 3.63) is 23.5 Å². The molecule has 0 spiro atoms. The molecule has 0 aromatic heterocycles. The molecule has 2 aliphatic heterocycles. The Morgan fingerprint density at radius 1 is 1.24 bits per heavy atom. The molecule has 2 N–H and O–H groups in total. The molecule has 1 aliphatic carbocycles. The lowest BCUT2D eigenvalue weighted by Gasteiger charge is -2.39. The number of piperidine rings is 1. The van der Waals surface area contributed by atoms with Gasteiger partial charge in [-0.3, -0.25) is 4.79 Å². The molecule has 5 heteroatoms. The summed E-state index contributed by atoms with van der Waals surface area (Å²) in [6, 6.07) is 3.43. The first-order chi connectivity index (χ1) is 10.1. The smallest absolute Gasteiger partial charge is 0.257 e. The number of hydrogen-bond donors (Lipinski definition) is 2. The van der Waals surface area contributed by atoms with Crippen LogP contribution in [0, 0.1) is 11.7 Å². The van der Waals surface area contributed by atoms with Crippen molar-refractivity contribution < 1.29 is 14.3 Å². The first-order valence-corrected chi connectivity index (χ1v) is 7.74. The van der Waals surface area contributed by atoms with Crippen molar-refractivity contribution in [2.75, 3.05) is 16.8 Å². The standard InChI is InChI=1S/C16H19FN2O2/c17-11-7-10-12(18-16(21)15(10)20)8-14(11)19-6-2-4-9-3-1-5-13(9)19/h7-9,13,15,20H,1-6H2,(H,18,21). The minimum absolute atomic E-state index is 0.336. The highest BCUT2D eigenvalue weighted by Gasteiger charge is 2.37. The number of carbonyl (C=O) groups is 1. The number of fused-ring (bicyclic) bond motifs is 2. The molecule has 2 heterocycles. The molecule has 4 nitrogen and oxygen atoms in total. The lowest BCUT2D eigenvalue weighted by molar-refractivity contribution is -0.123. The molecule has 1 amide bonds. The number of anilines is 2.